The highest BCUT2D eigenvalue weighted by Gasteiger charge is 2.67. The maximum Gasteiger partial charge on any atom is 0.229 e. The third kappa shape index (κ3) is 4.32. The second kappa shape index (κ2) is 8.08. The molecule has 3 N–H and O–H groups in total. The van der Waals surface area contributed by atoms with Crippen LogP contribution >= 0.6 is 0 Å². The molecule has 2 aromatic carbocycles. The van der Waals surface area contributed by atoms with Crippen molar-refractivity contribution in [1.82, 2.24) is 4.90 Å². The van der Waals surface area contributed by atoms with Gasteiger partial charge < -0.3 is 15.1 Å². The highest BCUT2D eigenvalue weighted by Crippen LogP contribution is 2.65. The normalized spacial score (nSPS) is 28.8. The van der Waals surface area contributed by atoms with Crippen LogP contribution in [0.1, 0.15) is 36.5 Å². The van der Waals surface area contributed by atoms with Gasteiger partial charge in [0.1, 0.15) is 0 Å². The molecule has 7 heteroatoms. The van der Waals surface area contributed by atoms with Crippen molar-refractivity contribution in [2.75, 3.05) is 30.6 Å². The van der Waals surface area contributed by atoms with Crippen molar-refractivity contribution in [2.45, 2.75) is 49.7 Å². The van der Waals surface area contributed by atoms with E-state index in [4.69, 9.17) is 0 Å². The molecule has 178 valence electrons. The predicted octanol–water partition coefficient (Wildman–Crippen LogP) is 2.55. The summed E-state index contributed by atoms with van der Waals surface area (Å²) in [5, 5.41) is 21.9. The maximum atomic E-state index is 11.6. The number of rotatable bonds is 8. The maximum absolute atomic E-state index is 11.6. The average Bonchev–Trinajstić information content (AvgIpc) is 2.99. The van der Waals surface area contributed by atoms with Crippen LogP contribution in [0.15, 0.2) is 48.5 Å². The molecule has 3 atom stereocenters. The Balaban J connectivity index is 1.19. The molecule has 2 aromatic rings. The molecule has 0 bridgehead atoms. The fraction of sp³-hybridized carbons (Fsp3) is 0.538. The molecule has 0 radical (unpaired) electrons. The van der Waals surface area contributed by atoms with Crippen molar-refractivity contribution < 1.29 is 18.6 Å². The molecule has 2 aliphatic carbocycles. The molecule has 3 unspecified atom stereocenters. The lowest BCUT2D eigenvalue weighted by atomic mass is 9.87. The van der Waals surface area contributed by atoms with Crippen molar-refractivity contribution in [3.8, 4) is 0 Å². The van der Waals surface area contributed by atoms with Crippen LogP contribution in [0.4, 0.5) is 5.69 Å². The van der Waals surface area contributed by atoms with Crippen LogP contribution in [0.5, 0.6) is 0 Å². The lowest BCUT2D eigenvalue weighted by Crippen LogP contribution is -2.41. The number of fused-ring (bicyclic) bond motifs is 2. The van der Waals surface area contributed by atoms with Crippen molar-refractivity contribution in [3.05, 3.63) is 65.2 Å². The summed E-state index contributed by atoms with van der Waals surface area (Å²) < 4.78 is 25.9. The van der Waals surface area contributed by atoms with Crippen LogP contribution in [0, 0.1) is 11.8 Å². The number of nitrogens with zero attached hydrogens (tertiary/aromatic N) is 1. The van der Waals surface area contributed by atoms with Crippen molar-refractivity contribution in [3.63, 3.8) is 0 Å². The van der Waals surface area contributed by atoms with Gasteiger partial charge in [0.2, 0.25) is 10.0 Å². The van der Waals surface area contributed by atoms with Crippen molar-refractivity contribution in [2.24, 2.45) is 11.8 Å². The lowest BCUT2D eigenvalue weighted by molar-refractivity contribution is -0.0123. The number of aliphatic hydroxyl groups excluding tert-OH is 1. The predicted molar refractivity (Wildman–Crippen MR) is 130 cm³/mol. The van der Waals surface area contributed by atoms with Gasteiger partial charge in [0.05, 0.1) is 18.0 Å². The van der Waals surface area contributed by atoms with Crippen molar-refractivity contribution >= 4 is 15.7 Å². The number of β-amino-alcohol motifs (C(OH)–C–C–N with tert-alkyl or cyclic N) is 1. The van der Waals surface area contributed by atoms with Crippen LogP contribution in [0.3, 0.4) is 0 Å². The number of hydrogen-bond donors (Lipinski definition) is 3. The molecule has 1 saturated heterocycles. The monoisotopic (exact) mass is 470 g/mol. The van der Waals surface area contributed by atoms with Crippen LogP contribution in [0.2, 0.25) is 0 Å². The quantitative estimate of drug-likeness (QED) is 0.552. The molecule has 1 heterocycles. The summed E-state index contributed by atoms with van der Waals surface area (Å²) in [6.07, 6.45) is 3.25. The number of benzene rings is 2. The number of sulfonamides is 1. The van der Waals surface area contributed by atoms with E-state index in [0.29, 0.717) is 43.3 Å². The summed E-state index contributed by atoms with van der Waals surface area (Å²) in [6, 6.07) is 16.0. The zero-order valence-corrected chi connectivity index (χ0v) is 20.2. The first-order valence-electron chi connectivity index (χ1n) is 11.9. The van der Waals surface area contributed by atoms with E-state index < -0.39 is 21.7 Å². The van der Waals surface area contributed by atoms with Gasteiger partial charge in [0, 0.05) is 50.0 Å². The van der Waals surface area contributed by atoms with Crippen LogP contribution in [0.25, 0.3) is 0 Å². The summed E-state index contributed by atoms with van der Waals surface area (Å²) in [7, 11) is -3.31. The Bertz CT molecular complexity index is 1110. The highest BCUT2D eigenvalue weighted by atomic mass is 32.2. The fourth-order valence-corrected chi connectivity index (χ4v) is 7.38. The largest absolute Gasteiger partial charge is 0.392 e. The minimum Gasteiger partial charge on any atom is -0.392 e. The molecular weight excluding hydrogens is 436 g/mol. The van der Waals surface area contributed by atoms with E-state index in [1.165, 1.54) is 22.9 Å². The molecule has 0 aromatic heterocycles. The molecule has 0 spiro atoms. The van der Waals surface area contributed by atoms with Gasteiger partial charge in [-0.15, -0.1) is 0 Å². The standard InChI is InChI=1S/C26H34N2O4S/c1-3-26(20-9-6-10-21(11-20)27-33(2,31)32)23-16-28(17-24(23)26)15-22(29)14-25(30)12-18-7-4-5-8-19(18)13-25/h4-11,22-24,27,29-30H,3,12-17H2,1-2H3. The first-order valence-corrected chi connectivity index (χ1v) is 13.8. The molecule has 0 amide bonds. The van der Waals surface area contributed by atoms with Gasteiger partial charge in [-0.1, -0.05) is 43.3 Å². The highest BCUT2D eigenvalue weighted by molar-refractivity contribution is 7.92. The fourth-order valence-electron chi connectivity index (χ4n) is 6.83. The van der Waals surface area contributed by atoms with E-state index in [0.717, 1.165) is 19.5 Å². The van der Waals surface area contributed by atoms with Gasteiger partial charge in [-0.05, 0) is 47.1 Å². The lowest BCUT2D eigenvalue weighted by Gasteiger charge is -2.31. The minimum absolute atomic E-state index is 0.0853. The molecule has 6 nitrogen and oxygen atoms in total. The SMILES string of the molecule is CCC1(c2cccc(NS(C)(=O)=O)c2)C2CN(CC(O)CC3(O)Cc4ccccc4C3)CC21. The Morgan fingerprint density at radius 3 is 2.30 bits per heavy atom. The summed E-state index contributed by atoms with van der Waals surface area (Å²) in [5.41, 5.74) is 3.43. The Kier molecular flexibility index (Phi) is 5.59. The summed E-state index contributed by atoms with van der Waals surface area (Å²) >= 11 is 0. The summed E-state index contributed by atoms with van der Waals surface area (Å²) in [5.74, 6) is 1.03. The summed E-state index contributed by atoms with van der Waals surface area (Å²) in [6.45, 7) is 4.65. The zero-order valence-electron chi connectivity index (χ0n) is 19.4. The zero-order chi connectivity index (χ0) is 23.4. The molecule has 33 heavy (non-hydrogen) atoms. The minimum atomic E-state index is -3.31. The Morgan fingerprint density at radius 1 is 1.09 bits per heavy atom. The van der Waals surface area contributed by atoms with Crippen LogP contribution in [-0.2, 0) is 28.3 Å². The molecular formula is C26H34N2O4S. The summed E-state index contributed by atoms with van der Waals surface area (Å²) in [4.78, 5) is 2.33. The number of anilines is 1. The topological polar surface area (TPSA) is 89.9 Å². The third-order valence-corrected chi connectivity index (χ3v) is 8.75. The number of piperidine rings is 1. The van der Waals surface area contributed by atoms with Gasteiger partial charge in [0.15, 0.2) is 0 Å². The van der Waals surface area contributed by atoms with Crippen molar-refractivity contribution in [1.29, 1.82) is 0 Å². The van der Waals surface area contributed by atoms with Gasteiger partial charge in [-0.2, -0.15) is 0 Å². The van der Waals surface area contributed by atoms with E-state index in [9.17, 15) is 18.6 Å². The smallest absolute Gasteiger partial charge is 0.229 e. The Hall–Kier alpha value is -1.93. The molecule has 2 fully saturated rings. The van der Waals surface area contributed by atoms with E-state index in [1.54, 1.807) is 6.07 Å². The number of likely N-dealkylation sites (tertiary alicyclic amines) is 1. The average molecular weight is 471 g/mol. The van der Waals surface area contributed by atoms with E-state index in [1.807, 2.05) is 24.3 Å². The molecule has 1 saturated carbocycles. The first kappa shape index (κ1) is 22.8. The Labute approximate surface area is 196 Å². The number of aliphatic hydroxyl groups is 2. The van der Waals surface area contributed by atoms with E-state index in [2.05, 4.69) is 34.7 Å². The second-order valence-corrected chi connectivity index (χ2v) is 12.2. The second-order valence-electron chi connectivity index (χ2n) is 10.5. The third-order valence-electron chi connectivity index (χ3n) is 8.14. The van der Waals surface area contributed by atoms with E-state index in [-0.39, 0.29) is 5.41 Å². The van der Waals surface area contributed by atoms with Gasteiger partial charge in [0.25, 0.3) is 0 Å². The van der Waals surface area contributed by atoms with Gasteiger partial charge in [-0.25, -0.2) is 8.42 Å². The molecule has 3 aliphatic rings. The Morgan fingerprint density at radius 2 is 1.73 bits per heavy atom. The van der Waals surface area contributed by atoms with E-state index >= 15 is 0 Å². The molecule has 1 aliphatic heterocycles. The van der Waals surface area contributed by atoms with Gasteiger partial charge in [-0.3, -0.25) is 4.72 Å². The first-order chi connectivity index (χ1) is 15.6. The van der Waals surface area contributed by atoms with Crippen LogP contribution in [-0.4, -0.2) is 61.1 Å². The van der Waals surface area contributed by atoms with Crippen LogP contribution < -0.4 is 4.72 Å². The number of hydrogen-bond acceptors (Lipinski definition) is 5. The number of nitrogens with one attached hydrogen (secondary N) is 1. The van der Waals surface area contributed by atoms with Gasteiger partial charge >= 0.3 is 0 Å². The molecule has 5 rings (SSSR count).